The summed E-state index contributed by atoms with van der Waals surface area (Å²) in [5, 5.41) is 3.30. The van der Waals surface area contributed by atoms with Crippen LogP contribution >= 0.6 is 11.3 Å². The third-order valence-corrected chi connectivity index (χ3v) is 6.06. The van der Waals surface area contributed by atoms with Gasteiger partial charge in [0.15, 0.2) is 0 Å². The van der Waals surface area contributed by atoms with Gasteiger partial charge in [0.05, 0.1) is 12.8 Å². The summed E-state index contributed by atoms with van der Waals surface area (Å²) in [5.74, 6) is 0.591. The van der Waals surface area contributed by atoms with E-state index in [1.807, 2.05) is 6.92 Å². The lowest BCUT2D eigenvalue weighted by Gasteiger charge is -2.06. The fraction of sp³-hybridized carbons (Fsp3) is 0.429. The molecule has 0 saturated heterocycles. The number of aryl methyl sites for hydroxylation is 1. The minimum Gasteiger partial charge on any atom is -0.468 e. The second kappa shape index (κ2) is 6.74. The third kappa shape index (κ3) is 4.41. The van der Waals surface area contributed by atoms with Crippen molar-refractivity contribution < 1.29 is 12.8 Å². The van der Waals surface area contributed by atoms with E-state index in [-0.39, 0.29) is 6.54 Å². The van der Waals surface area contributed by atoms with Gasteiger partial charge >= 0.3 is 0 Å². The highest BCUT2D eigenvalue weighted by Crippen LogP contribution is 2.26. The highest BCUT2D eigenvalue weighted by atomic mass is 32.2. The predicted octanol–water partition coefficient (Wildman–Crippen LogP) is 2.63. The van der Waals surface area contributed by atoms with Crippen LogP contribution in [-0.2, 0) is 23.1 Å². The van der Waals surface area contributed by atoms with E-state index in [2.05, 4.69) is 23.9 Å². The molecule has 0 fully saturated rings. The highest BCUT2D eigenvalue weighted by Gasteiger charge is 2.19. The molecule has 0 spiro atoms. The second-order valence-electron chi connectivity index (χ2n) is 5.11. The minimum atomic E-state index is -3.50. The smallest absolute Gasteiger partial charge is 0.250 e. The van der Waals surface area contributed by atoms with Crippen LogP contribution in [0.25, 0.3) is 0 Å². The number of hydrogen-bond donors (Lipinski definition) is 2. The van der Waals surface area contributed by atoms with E-state index in [9.17, 15) is 8.42 Å². The molecule has 5 nitrogen and oxygen atoms in total. The molecule has 0 radical (unpaired) electrons. The molecule has 0 aliphatic carbocycles. The molecule has 2 N–H and O–H groups in total. The van der Waals surface area contributed by atoms with Crippen LogP contribution in [0.3, 0.4) is 0 Å². The first kappa shape index (κ1) is 16.2. The zero-order chi connectivity index (χ0) is 15.5. The van der Waals surface area contributed by atoms with Gasteiger partial charge in [0.1, 0.15) is 9.97 Å². The van der Waals surface area contributed by atoms with Crippen LogP contribution in [0.5, 0.6) is 0 Å². The number of sulfonamides is 1. The molecular formula is C14H20N2O3S2. The van der Waals surface area contributed by atoms with Gasteiger partial charge in [-0.1, -0.05) is 13.8 Å². The van der Waals surface area contributed by atoms with Gasteiger partial charge in [0, 0.05) is 17.5 Å². The maximum atomic E-state index is 12.3. The predicted molar refractivity (Wildman–Crippen MR) is 83.8 cm³/mol. The third-order valence-electron chi connectivity index (χ3n) is 2.95. The SMILES string of the molecule is Cc1cc(S(=O)(=O)NCc2ccco2)sc1CNC(C)C. The molecule has 116 valence electrons. The van der Waals surface area contributed by atoms with Crippen LogP contribution in [0.1, 0.15) is 30.0 Å². The van der Waals surface area contributed by atoms with Gasteiger partial charge in [-0.05, 0) is 30.7 Å². The van der Waals surface area contributed by atoms with Crippen LogP contribution in [0, 0.1) is 6.92 Å². The Hall–Kier alpha value is -1.15. The van der Waals surface area contributed by atoms with Gasteiger partial charge in [-0.2, -0.15) is 0 Å². The van der Waals surface area contributed by atoms with Crippen molar-refractivity contribution in [3.05, 3.63) is 40.7 Å². The molecule has 0 bridgehead atoms. The summed E-state index contributed by atoms with van der Waals surface area (Å²) >= 11 is 1.30. The fourth-order valence-electron chi connectivity index (χ4n) is 1.74. The highest BCUT2D eigenvalue weighted by molar-refractivity contribution is 7.91. The lowest BCUT2D eigenvalue weighted by molar-refractivity contribution is 0.499. The van der Waals surface area contributed by atoms with E-state index in [4.69, 9.17) is 4.42 Å². The molecule has 0 saturated carbocycles. The van der Waals surface area contributed by atoms with Crippen molar-refractivity contribution in [1.82, 2.24) is 10.0 Å². The van der Waals surface area contributed by atoms with E-state index in [1.165, 1.54) is 17.6 Å². The van der Waals surface area contributed by atoms with E-state index in [0.29, 0.717) is 22.6 Å². The lowest BCUT2D eigenvalue weighted by Crippen LogP contribution is -2.22. The molecule has 0 unspecified atom stereocenters. The van der Waals surface area contributed by atoms with Gasteiger partial charge in [0.25, 0.3) is 0 Å². The van der Waals surface area contributed by atoms with Gasteiger partial charge in [-0.25, -0.2) is 13.1 Å². The number of hydrogen-bond acceptors (Lipinski definition) is 5. The molecular weight excluding hydrogens is 308 g/mol. The first-order valence-corrected chi connectivity index (χ1v) is 9.03. The number of rotatable bonds is 7. The minimum absolute atomic E-state index is 0.159. The van der Waals surface area contributed by atoms with E-state index < -0.39 is 10.0 Å². The topological polar surface area (TPSA) is 71.3 Å². The first-order valence-electron chi connectivity index (χ1n) is 6.73. The van der Waals surface area contributed by atoms with Gasteiger partial charge in [0.2, 0.25) is 10.0 Å². The van der Waals surface area contributed by atoms with Crippen LogP contribution in [-0.4, -0.2) is 14.5 Å². The van der Waals surface area contributed by atoms with E-state index >= 15 is 0 Å². The van der Waals surface area contributed by atoms with Crippen molar-refractivity contribution in [2.24, 2.45) is 0 Å². The molecule has 2 heterocycles. The molecule has 2 rings (SSSR count). The Kier molecular flexibility index (Phi) is 5.21. The maximum absolute atomic E-state index is 12.3. The average molecular weight is 328 g/mol. The number of furan rings is 1. The second-order valence-corrected chi connectivity index (χ2v) is 8.24. The molecule has 21 heavy (non-hydrogen) atoms. The molecule has 0 aliphatic rings. The number of thiophene rings is 1. The average Bonchev–Trinajstić information content (AvgIpc) is 3.04. The fourth-order valence-corrected chi connectivity index (χ4v) is 4.32. The van der Waals surface area contributed by atoms with Gasteiger partial charge < -0.3 is 9.73 Å². The van der Waals surface area contributed by atoms with Gasteiger partial charge in [-0.3, -0.25) is 0 Å². The Balaban J connectivity index is 2.07. The Morgan fingerprint density at radius 2 is 2.10 bits per heavy atom. The zero-order valence-electron chi connectivity index (χ0n) is 12.3. The Morgan fingerprint density at radius 1 is 1.33 bits per heavy atom. The summed E-state index contributed by atoms with van der Waals surface area (Å²) in [6.07, 6.45) is 1.52. The molecule has 0 aliphatic heterocycles. The summed E-state index contributed by atoms with van der Waals surface area (Å²) in [7, 11) is -3.50. The number of nitrogens with one attached hydrogen (secondary N) is 2. The van der Waals surface area contributed by atoms with Crippen LogP contribution < -0.4 is 10.0 Å². The van der Waals surface area contributed by atoms with Crippen LogP contribution in [0.15, 0.2) is 33.1 Å². The maximum Gasteiger partial charge on any atom is 0.250 e. The first-order chi connectivity index (χ1) is 9.88. The summed E-state index contributed by atoms with van der Waals surface area (Å²) in [5.41, 5.74) is 0.992. The Morgan fingerprint density at radius 3 is 2.71 bits per heavy atom. The van der Waals surface area contributed by atoms with E-state index in [1.54, 1.807) is 18.2 Å². The van der Waals surface area contributed by atoms with Gasteiger partial charge in [-0.15, -0.1) is 11.3 Å². The van der Waals surface area contributed by atoms with Crippen LogP contribution in [0.4, 0.5) is 0 Å². The van der Waals surface area contributed by atoms with Crippen molar-refractivity contribution >= 4 is 21.4 Å². The Bertz CT molecular complexity index is 673. The van der Waals surface area contributed by atoms with Crippen molar-refractivity contribution in [2.75, 3.05) is 0 Å². The van der Waals surface area contributed by atoms with Crippen molar-refractivity contribution in [3.63, 3.8) is 0 Å². The quantitative estimate of drug-likeness (QED) is 0.819. The standard InChI is InChI=1S/C14H20N2O3S2/c1-10(2)15-9-13-11(3)7-14(20-13)21(17,18)16-8-12-5-4-6-19-12/h4-7,10,15-16H,8-9H2,1-3H3. The molecule has 0 amide bonds. The molecule has 0 aromatic carbocycles. The zero-order valence-corrected chi connectivity index (χ0v) is 14.0. The largest absolute Gasteiger partial charge is 0.468 e. The summed E-state index contributed by atoms with van der Waals surface area (Å²) in [4.78, 5) is 1.04. The summed E-state index contributed by atoms with van der Waals surface area (Å²) < 4.78 is 32.6. The van der Waals surface area contributed by atoms with Crippen molar-refractivity contribution in [3.8, 4) is 0 Å². The molecule has 2 aromatic heterocycles. The lowest BCUT2D eigenvalue weighted by atomic mass is 10.3. The summed E-state index contributed by atoms with van der Waals surface area (Å²) in [6.45, 7) is 6.89. The normalized spacial score (nSPS) is 12.2. The van der Waals surface area contributed by atoms with Crippen molar-refractivity contribution in [2.45, 2.75) is 44.1 Å². The molecule has 2 aromatic rings. The summed E-state index contributed by atoms with van der Waals surface area (Å²) in [6, 6.07) is 5.55. The van der Waals surface area contributed by atoms with Crippen LogP contribution in [0.2, 0.25) is 0 Å². The Labute approximate surface area is 129 Å². The molecule has 7 heteroatoms. The molecule has 0 atom stereocenters. The van der Waals surface area contributed by atoms with E-state index in [0.717, 1.165) is 10.4 Å². The van der Waals surface area contributed by atoms with Crippen molar-refractivity contribution in [1.29, 1.82) is 0 Å². The monoisotopic (exact) mass is 328 g/mol.